The molecule has 604 valence electrons. The van der Waals surface area contributed by atoms with E-state index in [4.69, 9.17) is 29.3 Å². The standard InChI is InChI=1S/4C18H15P.C14H18BNO3.C13H9FN2O.C5H3FIN.Pd/c4*1-4-10-16(11-5-1)19(17-12-6-2-7-13-17)18-14-8-3-9-15-18;1-13(2)14(3,4)19-15(18-13)11-8-10(9-16)6-7-12(11)17-5;1-17-12-3-2-9(8-15)6-11(12)10-4-5-16-13(14)7-10;6-5-3-4(7)1-2-8-5;/h4*1-15H;6-8H,1-5H3;2-7H,1H3;1-3H;. The van der Waals surface area contributed by atoms with Gasteiger partial charge in [-0.3, -0.25) is 0 Å². The normalized spacial score (nSPS) is 11.8. The van der Waals surface area contributed by atoms with E-state index in [0.29, 0.717) is 33.8 Å². The van der Waals surface area contributed by atoms with E-state index in [0.717, 1.165) is 9.03 Å². The maximum absolute atomic E-state index is 13.1. The molecule has 14 aromatic carbocycles. The van der Waals surface area contributed by atoms with Crippen LogP contribution in [0.4, 0.5) is 8.78 Å². The van der Waals surface area contributed by atoms with E-state index in [1.807, 2.05) is 56.4 Å². The van der Waals surface area contributed by atoms with Crippen molar-refractivity contribution in [3.63, 3.8) is 0 Å². The molecule has 8 nitrogen and oxygen atoms in total. The molecule has 17 heteroatoms. The number of nitriles is 2. The molecule has 0 aliphatic carbocycles. The Morgan fingerprint density at radius 1 is 0.314 bits per heavy atom. The van der Waals surface area contributed by atoms with Crippen LogP contribution in [0.1, 0.15) is 38.8 Å². The first-order valence-corrected chi connectivity index (χ1v) is 45.3. The van der Waals surface area contributed by atoms with Crippen LogP contribution in [0.25, 0.3) is 11.1 Å². The Balaban J connectivity index is 0.000000149. The largest absolute Gasteiger partial charge is 0.498 e. The molecule has 3 heterocycles. The SMILES string of the molecule is COc1ccc(C#N)cc1-c1ccnc(F)c1.COc1ccc(C#N)cc1B1OC(C)(C)C(C)(C)O1.Fc1cc(I)ccn1.[Pd].c1ccc(P(c2ccccc2)c2ccccc2)cc1.c1ccc(P(c2ccccc2)c2ccccc2)cc1.c1ccc(P(c2ccccc2)c2ccccc2)cc1.c1ccc(P(c2ccccc2)c2ccccc2)cc1. The minimum absolute atomic E-state index is 0. The van der Waals surface area contributed by atoms with Gasteiger partial charge >= 0.3 is 7.12 Å². The number of hydrogen-bond acceptors (Lipinski definition) is 8. The molecule has 1 aliphatic rings. The Morgan fingerprint density at radius 3 is 0.760 bits per heavy atom. The number of aromatic nitrogens is 2. The minimum Gasteiger partial charge on any atom is -0.497 e. The molecule has 0 bridgehead atoms. The Labute approximate surface area is 744 Å². The molecule has 17 rings (SSSR count). The van der Waals surface area contributed by atoms with Crippen molar-refractivity contribution >= 4 is 131 Å². The summed E-state index contributed by atoms with van der Waals surface area (Å²) in [6.07, 6.45) is 2.82. The average Bonchev–Trinajstić information content (AvgIpc) is 1.60. The monoisotopic (exact) mass is 1860 g/mol. The summed E-state index contributed by atoms with van der Waals surface area (Å²) in [5, 5.41) is 34.6. The van der Waals surface area contributed by atoms with Crippen molar-refractivity contribution in [2.75, 3.05) is 14.2 Å². The van der Waals surface area contributed by atoms with Crippen LogP contribution < -0.4 is 78.6 Å². The summed E-state index contributed by atoms with van der Waals surface area (Å²) in [7, 11) is 0.819. The van der Waals surface area contributed by atoms with Crippen LogP contribution in [-0.4, -0.2) is 42.5 Å². The summed E-state index contributed by atoms with van der Waals surface area (Å²) >= 11 is 2.03. The van der Waals surface area contributed by atoms with Gasteiger partial charge in [0.25, 0.3) is 0 Å². The molecule has 0 saturated carbocycles. The van der Waals surface area contributed by atoms with E-state index in [1.165, 1.54) is 95.3 Å². The minimum atomic E-state index is -0.563. The smallest absolute Gasteiger partial charge is 0.497 e. The number of benzene rings is 14. The predicted octanol–water partition coefficient (Wildman–Crippen LogP) is 20.2. The Bertz CT molecular complexity index is 4930. The zero-order valence-corrected chi connectivity index (χ0v) is 75.1. The van der Waals surface area contributed by atoms with E-state index >= 15 is 0 Å². The number of halogens is 3. The second-order valence-corrected chi connectivity index (χ2v) is 37.8. The molecular weight excluding hydrogens is 1780 g/mol. The number of ether oxygens (including phenoxy) is 2. The van der Waals surface area contributed by atoms with Gasteiger partial charge in [-0.15, -0.1) is 0 Å². The fourth-order valence-electron chi connectivity index (χ4n) is 12.6. The van der Waals surface area contributed by atoms with Gasteiger partial charge in [-0.05, 0) is 200 Å². The second-order valence-electron chi connectivity index (χ2n) is 27.7. The van der Waals surface area contributed by atoms with Gasteiger partial charge in [0.2, 0.25) is 11.9 Å². The molecule has 2 aromatic heterocycles. The van der Waals surface area contributed by atoms with Crippen molar-refractivity contribution in [1.29, 1.82) is 10.5 Å². The van der Waals surface area contributed by atoms with Gasteiger partial charge in [-0.1, -0.05) is 364 Å². The molecular formula is C104H90BF2IN4O4P4Pd. The molecule has 16 aromatic rings. The van der Waals surface area contributed by atoms with Crippen molar-refractivity contribution in [3.8, 4) is 34.8 Å². The van der Waals surface area contributed by atoms with Gasteiger partial charge < -0.3 is 18.8 Å². The fourth-order valence-corrected chi connectivity index (χ4v) is 22.3. The van der Waals surface area contributed by atoms with Crippen LogP contribution in [0.2, 0.25) is 0 Å². The molecule has 0 spiro atoms. The topological polar surface area (TPSA) is 110 Å². The zero-order chi connectivity index (χ0) is 84.2. The van der Waals surface area contributed by atoms with Crippen LogP contribution in [0, 0.1) is 38.1 Å². The Morgan fingerprint density at radius 2 is 0.545 bits per heavy atom. The Hall–Kier alpha value is -11.1. The summed E-state index contributed by atoms with van der Waals surface area (Å²) < 4.78 is 48.4. The number of rotatable bonds is 16. The third-order valence-corrected chi connectivity index (χ3v) is 29.5. The van der Waals surface area contributed by atoms with Crippen LogP contribution >= 0.6 is 54.3 Å². The average molecular weight is 1870 g/mol. The summed E-state index contributed by atoms with van der Waals surface area (Å²) in [4.78, 5) is 6.86. The third kappa shape index (κ3) is 27.2. The van der Waals surface area contributed by atoms with Crippen LogP contribution in [0.15, 0.2) is 437 Å². The first kappa shape index (κ1) is 92.2. The van der Waals surface area contributed by atoms with Gasteiger partial charge in [0.05, 0.1) is 48.7 Å². The fraction of sp³-hybridized carbons (Fsp3) is 0.0769. The molecule has 0 amide bonds. The zero-order valence-electron chi connectivity index (χ0n) is 67.8. The summed E-state index contributed by atoms with van der Waals surface area (Å²) in [5.74, 6) is 0.274. The molecule has 0 atom stereocenters. The van der Waals surface area contributed by atoms with Gasteiger partial charge in [0.1, 0.15) is 11.5 Å². The molecule has 1 saturated heterocycles. The van der Waals surface area contributed by atoms with Crippen molar-refractivity contribution in [2.24, 2.45) is 0 Å². The number of nitrogens with zero attached hydrogens (tertiary/aromatic N) is 4. The van der Waals surface area contributed by atoms with Crippen LogP contribution in [0.5, 0.6) is 11.5 Å². The summed E-state index contributed by atoms with van der Waals surface area (Å²) in [5.41, 5.74) is 2.29. The maximum atomic E-state index is 13.1. The first-order chi connectivity index (χ1) is 58.6. The van der Waals surface area contributed by atoms with Crippen molar-refractivity contribution in [2.45, 2.75) is 38.9 Å². The van der Waals surface area contributed by atoms with E-state index in [2.05, 4.69) is 380 Å². The van der Waals surface area contributed by atoms with Crippen molar-refractivity contribution in [1.82, 2.24) is 9.97 Å². The predicted molar refractivity (Wildman–Crippen MR) is 512 cm³/mol. The van der Waals surface area contributed by atoms with Gasteiger partial charge in [0, 0.05) is 59.5 Å². The van der Waals surface area contributed by atoms with E-state index < -0.39 is 61.9 Å². The van der Waals surface area contributed by atoms with Crippen LogP contribution in [0.3, 0.4) is 0 Å². The molecule has 1 aliphatic heterocycles. The summed E-state index contributed by atoms with van der Waals surface area (Å²) in [6, 6.07) is 150. The number of pyridine rings is 2. The first-order valence-electron chi connectivity index (χ1n) is 38.9. The Kier molecular flexibility index (Phi) is 36.9. The summed E-state index contributed by atoms with van der Waals surface area (Å²) in [6.45, 7) is 7.97. The van der Waals surface area contributed by atoms with E-state index in [9.17, 15) is 8.78 Å². The van der Waals surface area contributed by atoms with E-state index in [1.54, 1.807) is 55.6 Å². The number of hydrogen-bond donors (Lipinski definition) is 0. The molecule has 121 heavy (non-hydrogen) atoms. The quantitative estimate of drug-likeness (QED) is 0.0407. The van der Waals surface area contributed by atoms with Crippen molar-refractivity contribution < 1.29 is 48.0 Å². The molecule has 0 radical (unpaired) electrons. The molecule has 1 fully saturated rings. The van der Waals surface area contributed by atoms with E-state index in [-0.39, 0.29) is 20.4 Å². The molecule has 0 unspecified atom stereocenters. The van der Waals surface area contributed by atoms with Gasteiger partial charge in [-0.2, -0.15) is 19.3 Å². The molecule has 0 N–H and O–H groups in total. The maximum Gasteiger partial charge on any atom is 0.498 e. The second kappa shape index (κ2) is 48.4. The third-order valence-electron chi connectivity index (χ3n) is 19.1. The number of methoxy groups -OCH3 is 2. The van der Waals surface area contributed by atoms with Crippen molar-refractivity contribution in [3.05, 3.63) is 464 Å². The van der Waals surface area contributed by atoms with Crippen LogP contribution in [-0.2, 0) is 29.7 Å². The van der Waals surface area contributed by atoms with Gasteiger partial charge in [-0.25, -0.2) is 9.97 Å². The van der Waals surface area contributed by atoms with Gasteiger partial charge in [0.15, 0.2) is 0 Å².